The highest BCUT2D eigenvalue weighted by atomic mass is 19.1. The van der Waals surface area contributed by atoms with Gasteiger partial charge in [-0.05, 0) is 6.07 Å². The molecule has 0 aliphatic heterocycles. The standard InChI is InChI=1S/C13H9F2NO3/c1-19-9-3-10(14)12(11(15)4-9)7-2-8(13(17)18)6-16-5-7/h2-6H,1H3,(H,17,18). The molecule has 98 valence electrons. The molecule has 1 aromatic carbocycles. The van der Waals surface area contributed by atoms with Gasteiger partial charge in [-0.25, -0.2) is 13.6 Å². The molecule has 0 saturated carbocycles. The van der Waals surface area contributed by atoms with Crippen LogP contribution in [0.15, 0.2) is 30.6 Å². The van der Waals surface area contributed by atoms with Crippen LogP contribution in [0.2, 0.25) is 0 Å². The number of pyridine rings is 1. The molecule has 0 saturated heterocycles. The zero-order valence-corrected chi connectivity index (χ0v) is 9.85. The lowest BCUT2D eigenvalue weighted by atomic mass is 10.0. The average molecular weight is 265 g/mol. The Hall–Kier alpha value is -2.50. The average Bonchev–Trinajstić information content (AvgIpc) is 2.38. The molecule has 0 spiro atoms. The van der Waals surface area contributed by atoms with Crippen LogP contribution in [0.25, 0.3) is 11.1 Å². The molecule has 19 heavy (non-hydrogen) atoms. The first-order valence-electron chi connectivity index (χ1n) is 5.24. The van der Waals surface area contributed by atoms with Gasteiger partial charge < -0.3 is 9.84 Å². The third kappa shape index (κ3) is 2.52. The second-order valence-corrected chi connectivity index (χ2v) is 3.73. The van der Waals surface area contributed by atoms with E-state index in [1.54, 1.807) is 0 Å². The zero-order chi connectivity index (χ0) is 14.0. The fourth-order valence-electron chi connectivity index (χ4n) is 1.64. The smallest absolute Gasteiger partial charge is 0.337 e. The molecule has 0 fully saturated rings. The summed E-state index contributed by atoms with van der Waals surface area (Å²) in [4.78, 5) is 14.5. The van der Waals surface area contributed by atoms with E-state index in [0.29, 0.717) is 0 Å². The highest BCUT2D eigenvalue weighted by Gasteiger charge is 2.15. The van der Waals surface area contributed by atoms with E-state index in [1.807, 2.05) is 0 Å². The number of nitrogens with zero attached hydrogens (tertiary/aromatic N) is 1. The Morgan fingerprint density at radius 3 is 2.37 bits per heavy atom. The molecule has 0 bridgehead atoms. The summed E-state index contributed by atoms with van der Waals surface area (Å²) >= 11 is 0. The summed E-state index contributed by atoms with van der Waals surface area (Å²) in [7, 11) is 1.29. The number of hydrogen-bond donors (Lipinski definition) is 1. The van der Waals surface area contributed by atoms with E-state index in [-0.39, 0.29) is 22.4 Å². The Morgan fingerprint density at radius 2 is 1.84 bits per heavy atom. The normalized spacial score (nSPS) is 10.3. The van der Waals surface area contributed by atoms with Crippen LogP contribution >= 0.6 is 0 Å². The number of aromatic nitrogens is 1. The van der Waals surface area contributed by atoms with Gasteiger partial charge in [0.25, 0.3) is 0 Å². The topological polar surface area (TPSA) is 59.4 Å². The molecule has 1 aromatic heterocycles. The number of halogens is 2. The van der Waals surface area contributed by atoms with Crippen LogP contribution in [0, 0.1) is 11.6 Å². The summed E-state index contributed by atoms with van der Waals surface area (Å²) in [5.74, 6) is -2.87. The summed E-state index contributed by atoms with van der Waals surface area (Å²) < 4.78 is 32.4. The van der Waals surface area contributed by atoms with Crippen LogP contribution in [-0.4, -0.2) is 23.2 Å². The summed E-state index contributed by atoms with van der Waals surface area (Å²) in [5.41, 5.74) is -0.430. The van der Waals surface area contributed by atoms with Crippen molar-refractivity contribution in [3.63, 3.8) is 0 Å². The molecule has 2 aromatic rings. The lowest BCUT2D eigenvalue weighted by Crippen LogP contribution is -1.99. The fourth-order valence-corrected chi connectivity index (χ4v) is 1.64. The van der Waals surface area contributed by atoms with E-state index < -0.39 is 17.6 Å². The van der Waals surface area contributed by atoms with Gasteiger partial charge in [-0.1, -0.05) is 0 Å². The van der Waals surface area contributed by atoms with E-state index >= 15 is 0 Å². The first-order valence-corrected chi connectivity index (χ1v) is 5.24. The molecule has 2 rings (SSSR count). The minimum absolute atomic E-state index is 0.0427. The number of benzene rings is 1. The molecule has 0 aliphatic rings. The third-order valence-electron chi connectivity index (χ3n) is 2.53. The first-order chi connectivity index (χ1) is 9.02. The van der Waals surface area contributed by atoms with Gasteiger partial charge >= 0.3 is 5.97 Å². The predicted octanol–water partition coefficient (Wildman–Crippen LogP) is 2.73. The monoisotopic (exact) mass is 265 g/mol. The Morgan fingerprint density at radius 1 is 1.21 bits per heavy atom. The van der Waals surface area contributed by atoms with Gasteiger partial charge in [-0.15, -0.1) is 0 Å². The summed E-state index contributed by atoms with van der Waals surface area (Å²) in [6.07, 6.45) is 2.30. The SMILES string of the molecule is COc1cc(F)c(-c2cncc(C(=O)O)c2)c(F)c1. The maximum Gasteiger partial charge on any atom is 0.337 e. The van der Waals surface area contributed by atoms with Gasteiger partial charge in [0.05, 0.1) is 18.2 Å². The van der Waals surface area contributed by atoms with Crippen LogP contribution in [0.1, 0.15) is 10.4 Å². The lowest BCUT2D eigenvalue weighted by Gasteiger charge is -2.08. The maximum absolute atomic E-state index is 13.8. The van der Waals surface area contributed by atoms with Gasteiger partial charge in [0, 0.05) is 30.1 Å². The number of carbonyl (C=O) groups is 1. The van der Waals surface area contributed by atoms with Gasteiger partial charge in [0.15, 0.2) is 0 Å². The van der Waals surface area contributed by atoms with Crippen LogP contribution in [0.5, 0.6) is 5.75 Å². The van der Waals surface area contributed by atoms with Crippen molar-refractivity contribution >= 4 is 5.97 Å². The number of ether oxygens (including phenoxy) is 1. The van der Waals surface area contributed by atoms with E-state index in [0.717, 1.165) is 24.4 Å². The van der Waals surface area contributed by atoms with Crippen molar-refractivity contribution in [2.75, 3.05) is 7.11 Å². The van der Waals surface area contributed by atoms with Crippen molar-refractivity contribution < 1.29 is 23.4 Å². The number of aromatic carboxylic acids is 1. The number of carboxylic acid groups (broad SMARTS) is 1. The molecule has 0 atom stereocenters. The quantitative estimate of drug-likeness (QED) is 0.927. The molecule has 4 nitrogen and oxygen atoms in total. The van der Waals surface area contributed by atoms with E-state index in [1.165, 1.54) is 13.3 Å². The van der Waals surface area contributed by atoms with Crippen LogP contribution < -0.4 is 4.74 Å². The molecule has 0 radical (unpaired) electrons. The van der Waals surface area contributed by atoms with Gasteiger partial charge in [-0.2, -0.15) is 0 Å². The van der Waals surface area contributed by atoms with Gasteiger partial charge in [0.1, 0.15) is 17.4 Å². The minimum atomic E-state index is -1.22. The number of rotatable bonds is 3. The summed E-state index contributed by atoms with van der Waals surface area (Å²) in [6.45, 7) is 0. The highest BCUT2D eigenvalue weighted by molar-refractivity contribution is 5.88. The Bertz CT molecular complexity index is 621. The van der Waals surface area contributed by atoms with Crippen molar-refractivity contribution in [3.05, 3.63) is 47.8 Å². The van der Waals surface area contributed by atoms with Crippen molar-refractivity contribution in [1.29, 1.82) is 0 Å². The van der Waals surface area contributed by atoms with E-state index in [4.69, 9.17) is 9.84 Å². The molecule has 0 amide bonds. The first kappa shape index (κ1) is 12.9. The third-order valence-corrected chi connectivity index (χ3v) is 2.53. The second kappa shape index (κ2) is 5.01. The fraction of sp³-hybridized carbons (Fsp3) is 0.0769. The highest BCUT2D eigenvalue weighted by Crippen LogP contribution is 2.29. The second-order valence-electron chi connectivity index (χ2n) is 3.73. The van der Waals surface area contributed by atoms with E-state index in [9.17, 15) is 13.6 Å². The maximum atomic E-state index is 13.8. The number of methoxy groups -OCH3 is 1. The molecule has 0 unspecified atom stereocenters. The largest absolute Gasteiger partial charge is 0.497 e. The Balaban J connectivity index is 2.59. The molecule has 0 aliphatic carbocycles. The molecule has 6 heteroatoms. The van der Waals surface area contributed by atoms with Crippen LogP contribution in [0.4, 0.5) is 8.78 Å². The Kier molecular flexibility index (Phi) is 3.41. The molecular weight excluding hydrogens is 256 g/mol. The number of carboxylic acids is 1. The lowest BCUT2D eigenvalue weighted by molar-refractivity contribution is 0.0696. The summed E-state index contributed by atoms with van der Waals surface area (Å²) in [6, 6.07) is 3.20. The van der Waals surface area contributed by atoms with Gasteiger partial charge in [-0.3, -0.25) is 4.98 Å². The molecular formula is C13H9F2NO3. The predicted molar refractivity (Wildman–Crippen MR) is 63.1 cm³/mol. The molecule has 1 N–H and O–H groups in total. The van der Waals surface area contributed by atoms with Crippen LogP contribution in [0.3, 0.4) is 0 Å². The van der Waals surface area contributed by atoms with Crippen molar-refractivity contribution in [3.8, 4) is 16.9 Å². The van der Waals surface area contributed by atoms with Crippen molar-refractivity contribution in [2.45, 2.75) is 0 Å². The molecule has 1 heterocycles. The number of hydrogen-bond acceptors (Lipinski definition) is 3. The minimum Gasteiger partial charge on any atom is -0.497 e. The van der Waals surface area contributed by atoms with Crippen LogP contribution in [-0.2, 0) is 0 Å². The summed E-state index contributed by atoms with van der Waals surface area (Å²) in [5, 5.41) is 8.83. The van der Waals surface area contributed by atoms with Gasteiger partial charge in [0.2, 0.25) is 0 Å². The van der Waals surface area contributed by atoms with Crippen molar-refractivity contribution in [1.82, 2.24) is 4.98 Å². The van der Waals surface area contributed by atoms with E-state index in [2.05, 4.69) is 4.98 Å². The van der Waals surface area contributed by atoms with Crippen molar-refractivity contribution in [2.24, 2.45) is 0 Å². The Labute approximate surface area is 107 Å². The zero-order valence-electron chi connectivity index (χ0n) is 9.85.